The van der Waals surface area contributed by atoms with Gasteiger partial charge < -0.3 is 0 Å². The van der Waals surface area contributed by atoms with E-state index in [1.165, 1.54) is 13.4 Å². The summed E-state index contributed by atoms with van der Waals surface area (Å²) in [6.45, 7) is 0. The molecule has 0 aromatic heterocycles. The van der Waals surface area contributed by atoms with Crippen LogP contribution < -0.4 is 13.4 Å². The quantitative estimate of drug-likeness (QED) is 0.264. The summed E-state index contributed by atoms with van der Waals surface area (Å²) in [5, 5.41) is 1.62. The van der Waals surface area contributed by atoms with Crippen LogP contribution in [-0.2, 0) is 0 Å². The Morgan fingerprint density at radius 3 is 1.21 bits per heavy atom. The summed E-state index contributed by atoms with van der Waals surface area (Å²) in [5.74, 6) is 0. The molecule has 0 saturated heterocycles. The average molecular weight is 615 g/mol. The molecule has 0 N–H and O–H groups in total. The third-order valence-electron chi connectivity index (χ3n) is 3.09. The van der Waals surface area contributed by atoms with Gasteiger partial charge in [-0.1, -0.05) is 0 Å². The van der Waals surface area contributed by atoms with Crippen LogP contribution in [0.5, 0.6) is 0 Å². The molecular weight excluding hydrogens is 602 g/mol. The summed E-state index contributed by atoms with van der Waals surface area (Å²) in [6, 6.07) is 26.6. The first-order chi connectivity index (χ1) is 12.7. The third-order valence-corrected chi connectivity index (χ3v) is 9.16. The van der Waals surface area contributed by atoms with Gasteiger partial charge in [0, 0.05) is 0 Å². The molecule has 0 spiro atoms. The zero-order valence-electron chi connectivity index (χ0n) is 13.9. The third kappa shape index (κ3) is 8.67. The first-order valence-electron chi connectivity index (χ1n) is 7.57. The van der Waals surface area contributed by atoms with Crippen LogP contribution in [0, 0.1) is 0 Å². The summed E-state index contributed by atoms with van der Waals surface area (Å²) >= 11 is 0.186. The zero-order valence-corrected chi connectivity index (χ0v) is 19.7. The van der Waals surface area contributed by atoms with Gasteiger partial charge in [0.15, 0.2) is 0 Å². The van der Waals surface area contributed by atoms with Crippen LogP contribution in [0.3, 0.4) is 0 Å². The Hall–Kier alpha value is -0.842. The summed E-state index contributed by atoms with van der Waals surface area (Å²) in [4.78, 5) is 0. The Morgan fingerprint density at radius 1 is 0.536 bits per heavy atom. The fraction of sp³-hybridized carbons (Fsp3) is 0. The molecule has 10 heteroatoms. The molecule has 0 nitrogen and oxygen atoms in total. The molecule has 152 valence electrons. The van der Waals surface area contributed by atoms with Crippen molar-refractivity contribution in [2.24, 2.45) is 0 Å². The molecule has 0 fully saturated rings. The van der Waals surface area contributed by atoms with E-state index in [1.807, 2.05) is 42.5 Å². The van der Waals surface area contributed by atoms with Crippen molar-refractivity contribution in [1.82, 2.24) is 0 Å². The van der Waals surface area contributed by atoms with E-state index < -0.39 is 33.4 Å². The molecule has 28 heavy (non-hydrogen) atoms. The van der Waals surface area contributed by atoms with Gasteiger partial charge in [0.2, 0.25) is 0 Å². The minimum absolute atomic E-state index is 0.811. The summed E-state index contributed by atoms with van der Waals surface area (Å²) in [6.07, 6.45) is 0. The van der Waals surface area contributed by atoms with E-state index >= 15 is 0 Å². The van der Waals surface area contributed by atoms with E-state index in [9.17, 15) is 16.9 Å². The van der Waals surface area contributed by atoms with Crippen LogP contribution in [0.4, 0.5) is 16.9 Å². The molecular formula is C18H13Cl2F6SbSe. The fourth-order valence-corrected chi connectivity index (χ4v) is 7.69. The molecule has 0 atom stereocenters. The van der Waals surface area contributed by atoms with Crippen LogP contribution in [0.1, 0.15) is 0 Å². The molecule has 0 radical (unpaired) electrons. The zero-order chi connectivity index (χ0) is 21.1. The van der Waals surface area contributed by atoms with Gasteiger partial charge in [-0.05, 0) is 0 Å². The van der Waals surface area contributed by atoms with Crippen molar-refractivity contribution >= 4 is 70.0 Å². The van der Waals surface area contributed by atoms with Crippen LogP contribution in [0.15, 0.2) is 78.9 Å². The molecule has 0 saturated carbocycles. The number of hydrogen-bond acceptors (Lipinski definition) is 0. The van der Waals surface area contributed by atoms with Gasteiger partial charge >= 0.3 is 176 Å². The van der Waals surface area contributed by atoms with Gasteiger partial charge in [0.25, 0.3) is 0 Å². The maximum absolute atomic E-state index is 11.2. The molecule has 3 aromatic rings. The Kier molecular flexibility index (Phi) is 6.80. The average Bonchev–Trinajstić information content (AvgIpc) is 2.57. The maximum atomic E-state index is 9.93. The number of benzene rings is 3. The predicted octanol–water partition coefficient (Wildman–Crippen LogP) is 5.65. The molecule has 0 aliphatic carbocycles. The van der Waals surface area contributed by atoms with Crippen molar-refractivity contribution in [2.45, 2.75) is 0 Å². The minimum atomic E-state index is -11.2. The monoisotopic (exact) mass is 614 g/mol. The number of hydrogen-bond donors (Lipinski definition) is 0. The molecule has 0 unspecified atom stereocenters. The van der Waals surface area contributed by atoms with E-state index in [4.69, 9.17) is 23.2 Å². The molecule has 0 bridgehead atoms. The molecule has 0 heterocycles. The first kappa shape index (κ1) is 23.4. The fourth-order valence-electron chi connectivity index (χ4n) is 2.15. The summed E-state index contributed by atoms with van der Waals surface area (Å²) in [7, 11) is 0. The van der Waals surface area contributed by atoms with Crippen molar-refractivity contribution in [1.29, 1.82) is 0 Å². The van der Waals surface area contributed by atoms with Crippen LogP contribution >= 0.6 is 23.2 Å². The van der Waals surface area contributed by atoms with Gasteiger partial charge in [-0.2, -0.15) is 0 Å². The van der Waals surface area contributed by atoms with E-state index in [2.05, 4.69) is 36.4 Å². The van der Waals surface area contributed by atoms with Crippen molar-refractivity contribution in [3.05, 3.63) is 88.9 Å². The van der Waals surface area contributed by atoms with E-state index in [0.717, 1.165) is 10.0 Å². The molecule has 0 aliphatic rings. The first-order valence-corrected chi connectivity index (χ1v) is 16.7. The normalized spacial score (nSPS) is 13.9. The Labute approximate surface area is 174 Å². The van der Waals surface area contributed by atoms with Gasteiger partial charge in [-0.25, -0.2) is 0 Å². The van der Waals surface area contributed by atoms with Gasteiger partial charge in [-0.15, -0.1) is 0 Å². The van der Waals surface area contributed by atoms with E-state index in [1.54, 1.807) is 0 Å². The van der Waals surface area contributed by atoms with Gasteiger partial charge in [-0.3, -0.25) is 0 Å². The van der Waals surface area contributed by atoms with Crippen LogP contribution in [-0.4, -0.2) is 33.4 Å². The van der Waals surface area contributed by atoms with E-state index in [-0.39, 0.29) is 0 Å². The van der Waals surface area contributed by atoms with Crippen molar-refractivity contribution < 1.29 is 16.9 Å². The van der Waals surface area contributed by atoms with Crippen molar-refractivity contribution in [3.63, 3.8) is 0 Å². The van der Waals surface area contributed by atoms with Crippen LogP contribution in [0.2, 0.25) is 10.0 Å². The second-order valence-corrected chi connectivity index (χ2v) is 15.8. The van der Waals surface area contributed by atoms with E-state index in [0.29, 0.717) is 0 Å². The molecule has 3 aromatic carbocycles. The summed E-state index contributed by atoms with van der Waals surface area (Å²) < 4.78 is 63.2. The number of halogens is 8. The van der Waals surface area contributed by atoms with Gasteiger partial charge in [0.1, 0.15) is 0 Å². The second-order valence-electron chi connectivity index (χ2n) is 5.44. The topological polar surface area (TPSA) is 0 Å². The Balaban J connectivity index is 0.000000345. The molecule has 0 aliphatic heterocycles. The molecule has 3 rings (SSSR count). The standard InChI is InChI=1S/C18H13Cl2Se.6FH.Sb/c19-15-10-4-6-12-17(15)21(14-8-2-1-3-9-14)18-13-7-5-11-16(18)20;;;;;;;/h1-13H;6*1H;/q+1;;;;;;;+5/p-6. The van der Waals surface area contributed by atoms with Crippen LogP contribution in [0.25, 0.3) is 0 Å². The Morgan fingerprint density at radius 2 is 0.857 bits per heavy atom. The second kappa shape index (κ2) is 8.12. The van der Waals surface area contributed by atoms with Crippen molar-refractivity contribution in [2.75, 3.05) is 0 Å². The number of rotatable bonds is 3. The Bertz CT molecular complexity index is 892. The molecule has 0 amide bonds. The SMILES string of the molecule is Clc1ccccc1[Se+](c1ccccc1)c1ccccc1Cl.[F][Sb-]([F])([F])([F])([F])[F]. The van der Waals surface area contributed by atoms with Gasteiger partial charge in [0.05, 0.1) is 0 Å². The summed E-state index contributed by atoms with van der Waals surface area (Å²) in [5.41, 5.74) is 0. The van der Waals surface area contributed by atoms with Crippen molar-refractivity contribution in [3.8, 4) is 0 Å². The predicted molar refractivity (Wildman–Crippen MR) is 106 cm³/mol.